The Morgan fingerprint density at radius 1 is 0.800 bits per heavy atom. The molecule has 2 rings (SSSR count). The van der Waals surface area contributed by atoms with E-state index in [9.17, 15) is 0 Å². The third kappa shape index (κ3) is 41.4. The zero-order valence-electron chi connectivity index (χ0n) is 20.1. The Bertz CT molecular complexity index is 721. The van der Waals surface area contributed by atoms with Gasteiger partial charge in [0.1, 0.15) is 11.4 Å². The van der Waals surface area contributed by atoms with Crippen LogP contribution in [0.5, 0.6) is 0 Å². The third-order valence-electron chi connectivity index (χ3n) is 2.07. The zero-order chi connectivity index (χ0) is 27.4. The van der Waals surface area contributed by atoms with Gasteiger partial charge in [0.05, 0.1) is 0 Å². The molecule has 0 amide bonds. The SMILES string of the molecule is CC(=O)[O-].CC(=O)[O-].CCO.CCO.N/C(=N\O)c1ccccn1.N/C(=N\O)c1ccccn1.[Cd+2]. The number of hydrogen-bond acceptors (Lipinski definition) is 12. The minimum absolute atomic E-state index is 0. The number of pyridine rings is 2. The van der Waals surface area contributed by atoms with E-state index < -0.39 is 11.9 Å². The first-order chi connectivity index (χ1) is 16.0. The van der Waals surface area contributed by atoms with E-state index in [-0.39, 0.29) is 52.2 Å². The molecule has 0 spiro atoms. The number of aromatic nitrogens is 2. The van der Waals surface area contributed by atoms with E-state index in [0.717, 1.165) is 13.8 Å². The number of aliphatic carboxylic acids is 2. The fourth-order valence-electron chi connectivity index (χ4n) is 1.13. The Morgan fingerprint density at radius 2 is 1.03 bits per heavy atom. The summed E-state index contributed by atoms with van der Waals surface area (Å²) < 4.78 is 0. The van der Waals surface area contributed by atoms with Crippen molar-refractivity contribution in [3.63, 3.8) is 0 Å². The fourth-order valence-corrected chi connectivity index (χ4v) is 1.13. The average molecular weight is 597 g/mol. The molecule has 8 N–H and O–H groups in total. The molecular formula is C20H32CdN6O8. The summed E-state index contributed by atoms with van der Waals surface area (Å²) in [6.45, 7) is 5.81. The number of carbonyl (C=O) groups excluding carboxylic acids is 2. The number of nitrogens with two attached hydrogens (primary N) is 2. The Morgan fingerprint density at radius 3 is 1.17 bits per heavy atom. The number of carbonyl (C=O) groups is 2. The molecule has 2 heterocycles. The van der Waals surface area contributed by atoms with Crippen molar-refractivity contribution < 1.29 is 67.7 Å². The molecule has 14 nitrogen and oxygen atoms in total. The van der Waals surface area contributed by atoms with Crippen LogP contribution in [0.3, 0.4) is 0 Å². The van der Waals surface area contributed by atoms with Crippen LogP contribution >= 0.6 is 0 Å². The van der Waals surface area contributed by atoms with Gasteiger partial charge in [-0.15, -0.1) is 0 Å². The molecule has 0 saturated carbocycles. The summed E-state index contributed by atoms with van der Waals surface area (Å²) in [5.74, 6) is -2.11. The normalized spacial score (nSPS) is 8.97. The molecule has 0 aliphatic heterocycles. The third-order valence-corrected chi connectivity index (χ3v) is 2.07. The summed E-state index contributed by atoms with van der Waals surface area (Å²) in [6.07, 6.45) is 3.15. The Balaban J connectivity index is -0.000000112. The predicted molar refractivity (Wildman–Crippen MR) is 120 cm³/mol. The van der Waals surface area contributed by atoms with Gasteiger partial charge in [0.2, 0.25) is 0 Å². The van der Waals surface area contributed by atoms with Crippen LogP contribution in [0.15, 0.2) is 59.1 Å². The summed E-state index contributed by atoms with van der Waals surface area (Å²) >= 11 is 0. The standard InChI is InChI=1S/2C6H7N3O.2C2H4O2.2C2H6O.Cd/c2*7-6(9-10)5-3-1-2-4-8-5;2*1-2(3)4;2*1-2-3;/h2*1-4,10H,(H2,7,9);2*1H3,(H,3,4);2*3H,2H2,1H3;/q;;;;;;+2/p-2. The minimum Gasteiger partial charge on any atom is -0.550 e. The van der Waals surface area contributed by atoms with E-state index in [1.54, 1.807) is 62.6 Å². The molecule has 0 radical (unpaired) electrons. The van der Waals surface area contributed by atoms with E-state index in [0.29, 0.717) is 11.4 Å². The Kier molecular flexibility index (Phi) is 39.2. The molecule has 0 atom stereocenters. The number of nitrogens with zero attached hydrogens (tertiary/aromatic N) is 4. The smallest absolute Gasteiger partial charge is 0.550 e. The molecule has 0 aromatic carbocycles. The summed E-state index contributed by atoms with van der Waals surface area (Å²) in [7, 11) is 0. The van der Waals surface area contributed by atoms with E-state index in [4.69, 9.17) is 51.9 Å². The number of carboxylic acids is 2. The van der Waals surface area contributed by atoms with Crippen LogP contribution in [0.25, 0.3) is 0 Å². The Hall–Kier alpha value is -3.38. The molecule has 0 saturated heterocycles. The van der Waals surface area contributed by atoms with Gasteiger partial charge in [-0.05, 0) is 52.0 Å². The molecule has 2 aromatic rings. The molecule has 192 valence electrons. The second kappa shape index (κ2) is 32.8. The van der Waals surface area contributed by atoms with E-state index in [2.05, 4.69) is 20.3 Å². The zero-order valence-corrected chi connectivity index (χ0v) is 24.1. The van der Waals surface area contributed by atoms with Crippen molar-refractivity contribution in [2.45, 2.75) is 27.7 Å². The van der Waals surface area contributed by atoms with Crippen LogP contribution in [-0.4, -0.2) is 67.4 Å². The van der Waals surface area contributed by atoms with E-state index in [1.807, 2.05) is 0 Å². The quantitative estimate of drug-likeness (QED) is 0.0713. The Labute approximate surface area is 223 Å². The molecular weight excluding hydrogens is 565 g/mol. The molecule has 0 bridgehead atoms. The maximum Gasteiger partial charge on any atom is 2.00 e. The van der Waals surface area contributed by atoms with Crippen LogP contribution in [0.2, 0.25) is 0 Å². The molecule has 15 heteroatoms. The largest absolute Gasteiger partial charge is 2.00 e. The van der Waals surface area contributed by atoms with Gasteiger partial charge >= 0.3 is 27.3 Å². The molecule has 35 heavy (non-hydrogen) atoms. The van der Waals surface area contributed by atoms with Gasteiger partial charge in [0, 0.05) is 37.5 Å². The first-order valence-electron chi connectivity index (χ1n) is 9.33. The summed E-state index contributed by atoms with van der Waals surface area (Å²) in [4.78, 5) is 25.4. The average Bonchev–Trinajstić information content (AvgIpc) is 2.80. The van der Waals surface area contributed by atoms with Crippen molar-refractivity contribution in [2.75, 3.05) is 13.2 Å². The number of oxime groups is 2. The van der Waals surface area contributed by atoms with Crippen molar-refractivity contribution in [3.8, 4) is 0 Å². The number of carboxylic acid groups (broad SMARTS) is 2. The van der Waals surface area contributed by atoms with Crippen molar-refractivity contribution in [3.05, 3.63) is 60.2 Å². The van der Waals surface area contributed by atoms with Crippen molar-refractivity contribution in [2.24, 2.45) is 21.8 Å². The first kappa shape index (κ1) is 41.8. The predicted octanol–water partition coefficient (Wildman–Crippen LogP) is -2.14. The number of hydrogen-bond donors (Lipinski definition) is 6. The van der Waals surface area contributed by atoms with Gasteiger partial charge < -0.3 is 51.9 Å². The maximum absolute atomic E-state index is 8.89. The minimum atomic E-state index is -1.08. The van der Waals surface area contributed by atoms with Crippen LogP contribution in [0.1, 0.15) is 39.1 Å². The van der Waals surface area contributed by atoms with Gasteiger partial charge in [0.15, 0.2) is 11.7 Å². The van der Waals surface area contributed by atoms with Crippen molar-refractivity contribution >= 4 is 23.6 Å². The number of aliphatic hydroxyl groups is 2. The summed E-state index contributed by atoms with van der Waals surface area (Å²) in [5.41, 5.74) is 11.4. The summed E-state index contributed by atoms with van der Waals surface area (Å²) in [5, 5.41) is 54.9. The van der Waals surface area contributed by atoms with Gasteiger partial charge in [-0.3, -0.25) is 9.97 Å². The fraction of sp³-hybridized carbons (Fsp3) is 0.300. The van der Waals surface area contributed by atoms with Gasteiger partial charge in [-0.1, -0.05) is 22.4 Å². The van der Waals surface area contributed by atoms with Gasteiger partial charge in [0.25, 0.3) is 0 Å². The van der Waals surface area contributed by atoms with Crippen LogP contribution < -0.4 is 21.7 Å². The van der Waals surface area contributed by atoms with Crippen LogP contribution in [0.4, 0.5) is 0 Å². The van der Waals surface area contributed by atoms with Gasteiger partial charge in [-0.2, -0.15) is 0 Å². The monoisotopic (exact) mass is 598 g/mol. The topological polar surface area (TPSA) is 264 Å². The van der Waals surface area contributed by atoms with Crippen molar-refractivity contribution in [1.82, 2.24) is 9.97 Å². The van der Waals surface area contributed by atoms with E-state index in [1.165, 1.54) is 0 Å². The molecule has 0 fully saturated rings. The number of rotatable bonds is 2. The first-order valence-corrected chi connectivity index (χ1v) is 9.33. The van der Waals surface area contributed by atoms with Crippen molar-refractivity contribution in [1.29, 1.82) is 0 Å². The molecule has 2 aromatic heterocycles. The van der Waals surface area contributed by atoms with E-state index >= 15 is 0 Å². The molecule has 0 aliphatic carbocycles. The van der Waals surface area contributed by atoms with Crippen LogP contribution in [0, 0.1) is 0 Å². The van der Waals surface area contributed by atoms with Gasteiger partial charge in [-0.25, -0.2) is 0 Å². The number of amidine groups is 2. The second-order valence-electron chi connectivity index (χ2n) is 5.02. The molecule has 0 aliphatic rings. The number of aliphatic hydroxyl groups excluding tert-OH is 2. The summed E-state index contributed by atoms with van der Waals surface area (Å²) in [6, 6.07) is 10.4. The molecule has 0 unspecified atom stereocenters. The maximum atomic E-state index is 8.89. The second-order valence-corrected chi connectivity index (χ2v) is 5.02. The van der Waals surface area contributed by atoms with Crippen LogP contribution in [-0.2, 0) is 36.9 Å².